The zero-order valence-corrected chi connectivity index (χ0v) is 20.1. The number of anilines is 1. The van der Waals surface area contributed by atoms with Gasteiger partial charge in [0, 0.05) is 31.5 Å². The van der Waals surface area contributed by atoms with Crippen molar-refractivity contribution in [2.24, 2.45) is 10.9 Å². The normalized spacial score (nSPS) is 21.8. The number of ether oxygens (including phenoxy) is 2. The van der Waals surface area contributed by atoms with Crippen molar-refractivity contribution in [2.45, 2.75) is 45.4 Å². The number of aromatic nitrogens is 1. The van der Waals surface area contributed by atoms with Crippen molar-refractivity contribution < 1.29 is 22.7 Å². The van der Waals surface area contributed by atoms with Crippen molar-refractivity contribution in [3.63, 3.8) is 0 Å². The van der Waals surface area contributed by atoms with Crippen molar-refractivity contribution in [1.82, 2.24) is 10.3 Å². The van der Waals surface area contributed by atoms with E-state index in [4.69, 9.17) is 21.7 Å². The highest BCUT2D eigenvalue weighted by atomic mass is 32.2. The maximum absolute atomic E-state index is 12.5. The molecule has 0 bridgehead atoms. The second-order valence-electron chi connectivity index (χ2n) is 8.67. The number of sulfone groups is 1. The summed E-state index contributed by atoms with van der Waals surface area (Å²) in [6.45, 7) is 8.43. The van der Waals surface area contributed by atoms with Crippen molar-refractivity contribution in [1.29, 1.82) is 0 Å². The molecule has 31 heavy (non-hydrogen) atoms. The first-order valence-electron chi connectivity index (χ1n) is 9.95. The van der Waals surface area contributed by atoms with Gasteiger partial charge in [0.15, 0.2) is 0 Å². The molecule has 1 N–H and O–H groups in total. The van der Waals surface area contributed by atoms with E-state index in [1.54, 1.807) is 33.2 Å². The lowest BCUT2D eigenvalue weighted by Gasteiger charge is -2.43. The fraction of sp³-hybridized carbons (Fsp3) is 0.650. The van der Waals surface area contributed by atoms with Gasteiger partial charge in [0.1, 0.15) is 21.1 Å². The van der Waals surface area contributed by atoms with Gasteiger partial charge < -0.3 is 19.7 Å². The summed E-state index contributed by atoms with van der Waals surface area (Å²) < 4.78 is 34.3. The van der Waals surface area contributed by atoms with Crippen LogP contribution in [0.25, 0.3) is 0 Å². The molecule has 2 heterocycles. The smallest absolute Gasteiger partial charge is 0.408 e. The summed E-state index contributed by atoms with van der Waals surface area (Å²) in [6, 6.07) is 1.39. The lowest BCUT2D eigenvalue weighted by molar-refractivity contribution is -0.0130. The van der Waals surface area contributed by atoms with Crippen LogP contribution in [0.2, 0.25) is 0 Å². The Labute approximate surface area is 189 Å². The lowest BCUT2D eigenvalue weighted by atomic mass is 9.91. The van der Waals surface area contributed by atoms with Crippen LogP contribution in [0.5, 0.6) is 0 Å². The fourth-order valence-corrected chi connectivity index (χ4v) is 3.94. The minimum absolute atomic E-state index is 0.0225. The van der Waals surface area contributed by atoms with Crippen LogP contribution in [-0.4, -0.2) is 74.1 Å². The topological polar surface area (TPSA) is 110 Å². The van der Waals surface area contributed by atoms with Crippen molar-refractivity contribution >= 4 is 44.7 Å². The number of nitrogens with zero attached hydrogens (tertiary/aromatic N) is 3. The maximum atomic E-state index is 12.5. The largest absolute Gasteiger partial charge is 0.444 e. The number of piperidine rings is 1. The molecule has 3 atom stereocenters. The van der Waals surface area contributed by atoms with E-state index in [1.165, 1.54) is 6.26 Å². The molecule has 1 fully saturated rings. The van der Waals surface area contributed by atoms with Crippen LogP contribution >= 0.6 is 12.2 Å². The Bertz CT molecular complexity index is 926. The number of aliphatic imine (C=N–C) groups is 1. The van der Waals surface area contributed by atoms with E-state index in [0.717, 1.165) is 5.69 Å². The number of isothiocyanates is 1. The number of nitrogens with one attached hydrogen (secondary N) is 1. The monoisotopic (exact) mass is 470 g/mol. The molecular formula is C20H30N4O5S2. The summed E-state index contributed by atoms with van der Waals surface area (Å²) in [5.41, 5.74) is 0.741. The zero-order chi connectivity index (χ0) is 23.2. The molecule has 1 saturated heterocycles. The first-order valence-corrected chi connectivity index (χ1v) is 12.4. The van der Waals surface area contributed by atoms with E-state index in [1.807, 2.05) is 13.0 Å². The first kappa shape index (κ1) is 25.2. The Kier molecular flexibility index (Phi) is 8.53. The highest BCUT2D eigenvalue weighted by molar-refractivity contribution is 7.90. The highest BCUT2D eigenvalue weighted by Gasteiger charge is 2.38. The van der Waals surface area contributed by atoms with E-state index in [0.29, 0.717) is 18.8 Å². The predicted octanol–water partition coefficient (Wildman–Crippen LogP) is 2.60. The number of rotatable bonds is 7. The van der Waals surface area contributed by atoms with E-state index in [-0.39, 0.29) is 24.4 Å². The molecule has 1 aliphatic rings. The van der Waals surface area contributed by atoms with Gasteiger partial charge in [-0.1, -0.05) is 6.92 Å². The quantitative estimate of drug-likeness (QED) is 0.478. The Hall–Kier alpha value is -2.07. The average molecular weight is 471 g/mol. The van der Waals surface area contributed by atoms with Crippen molar-refractivity contribution in [2.75, 3.05) is 36.6 Å². The van der Waals surface area contributed by atoms with Gasteiger partial charge in [-0.25, -0.2) is 13.2 Å². The summed E-state index contributed by atoms with van der Waals surface area (Å²) >= 11 is 4.74. The Morgan fingerprint density at radius 2 is 2.13 bits per heavy atom. The zero-order valence-electron chi connectivity index (χ0n) is 18.5. The summed E-state index contributed by atoms with van der Waals surface area (Å²) in [5.74, 6) is -0.109. The molecule has 0 aromatic carbocycles. The second kappa shape index (κ2) is 10.5. The molecule has 11 heteroatoms. The maximum Gasteiger partial charge on any atom is 0.408 e. The van der Waals surface area contributed by atoms with Gasteiger partial charge in [0.2, 0.25) is 0 Å². The number of pyridine rings is 1. The fourth-order valence-electron chi connectivity index (χ4n) is 3.44. The van der Waals surface area contributed by atoms with Crippen molar-refractivity contribution in [3.8, 4) is 0 Å². The summed E-state index contributed by atoms with van der Waals surface area (Å²) in [5, 5.41) is 5.26. The third-order valence-corrected chi connectivity index (χ3v) is 5.63. The summed E-state index contributed by atoms with van der Waals surface area (Å²) in [4.78, 5) is 22.7. The van der Waals surface area contributed by atoms with E-state index in [2.05, 4.69) is 25.4 Å². The molecule has 0 aliphatic carbocycles. The van der Waals surface area contributed by atoms with Gasteiger partial charge in [-0.15, -0.1) is 0 Å². The van der Waals surface area contributed by atoms with Gasteiger partial charge in [0.05, 0.1) is 41.6 Å². The molecule has 1 aromatic heterocycles. The van der Waals surface area contributed by atoms with Crippen molar-refractivity contribution in [3.05, 3.63) is 18.5 Å². The van der Waals surface area contributed by atoms with Crippen LogP contribution < -0.4 is 10.2 Å². The summed E-state index contributed by atoms with van der Waals surface area (Å²) in [7, 11) is -3.16. The number of alkyl carbamates (subject to hydrolysis) is 1. The van der Waals surface area contributed by atoms with Crippen LogP contribution in [-0.2, 0) is 19.3 Å². The number of amides is 1. The number of hydrogen-bond donors (Lipinski definition) is 1. The molecular weight excluding hydrogens is 440 g/mol. The standard InChI is InChI=1S/C20H30N4O5S2/c1-14-11-24(17-6-7-21-10-15(17)22-13-30)12-16(23-19(25)29-20(2,3)4)18(14)28-8-9-31(5,26)27/h6-7,10,14,16,18H,8-9,11-12H2,1-5H3,(H,23,25)/t14-,16+,18-/m0/s1. The van der Waals surface area contributed by atoms with Crippen LogP contribution in [0, 0.1) is 5.92 Å². The molecule has 0 unspecified atom stereocenters. The molecule has 0 spiro atoms. The van der Waals surface area contributed by atoms with Crippen LogP contribution in [0.15, 0.2) is 23.5 Å². The van der Waals surface area contributed by atoms with Gasteiger partial charge in [-0.3, -0.25) is 4.98 Å². The number of carbonyl (C=O) groups excluding carboxylic acids is 1. The highest BCUT2D eigenvalue weighted by Crippen LogP contribution is 2.32. The predicted molar refractivity (Wildman–Crippen MR) is 123 cm³/mol. The molecule has 1 amide bonds. The number of hydrogen-bond acceptors (Lipinski definition) is 9. The minimum atomic E-state index is -3.16. The molecule has 0 saturated carbocycles. The SMILES string of the molecule is C[C@H]1CN(c2ccncc2N=C=S)C[C@@H](NC(=O)OC(C)(C)C)[C@H]1OCCS(C)(=O)=O. The average Bonchev–Trinajstić information content (AvgIpc) is 2.62. The van der Waals surface area contributed by atoms with Gasteiger partial charge in [-0.05, 0) is 39.1 Å². The van der Waals surface area contributed by atoms with E-state index >= 15 is 0 Å². The van der Waals surface area contributed by atoms with Crippen LogP contribution in [0.1, 0.15) is 27.7 Å². The third kappa shape index (κ3) is 8.17. The molecule has 1 aliphatic heterocycles. The van der Waals surface area contributed by atoms with Gasteiger partial charge in [0.25, 0.3) is 0 Å². The Morgan fingerprint density at radius 3 is 2.74 bits per heavy atom. The van der Waals surface area contributed by atoms with Crippen LogP contribution in [0.4, 0.5) is 16.2 Å². The lowest BCUT2D eigenvalue weighted by Crippen LogP contribution is -2.60. The minimum Gasteiger partial charge on any atom is -0.444 e. The Balaban J connectivity index is 2.25. The van der Waals surface area contributed by atoms with E-state index < -0.39 is 27.6 Å². The summed E-state index contributed by atoms with van der Waals surface area (Å²) in [6.07, 6.45) is 3.48. The van der Waals surface area contributed by atoms with Crippen LogP contribution in [0.3, 0.4) is 0 Å². The molecule has 2 rings (SSSR count). The number of thiocarbonyl (C=S) groups is 1. The third-order valence-electron chi connectivity index (χ3n) is 4.63. The molecule has 9 nitrogen and oxygen atoms in total. The number of carbonyl (C=O) groups is 1. The van der Waals surface area contributed by atoms with Gasteiger partial charge >= 0.3 is 6.09 Å². The molecule has 0 radical (unpaired) electrons. The van der Waals surface area contributed by atoms with Gasteiger partial charge in [-0.2, -0.15) is 4.99 Å². The second-order valence-corrected chi connectivity index (χ2v) is 11.1. The molecule has 172 valence electrons. The Morgan fingerprint density at radius 1 is 1.42 bits per heavy atom. The molecule has 1 aromatic rings. The van der Waals surface area contributed by atoms with E-state index in [9.17, 15) is 13.2 Å². The first-order chi connectivity index (χ1) is 14.4.